The molecule has 0 aromatic heterocycles. The number of methoxy groups -OCH3 is 2. The Morgan fingerprint density at radius 1 is 1.03 bits per heavy atom. The lowest BCUT2D eigenvalue weighted by Crippen LogP contribution is -2.35. The molecule has 0 atom stereocenters. The summed E-state index contributed by atoms with van der Waals surface area (Å²) >= 11 is 0. The number of nitriles is 1. The summed E-state index contributed by atoms with van der Waals surface area (Å²) in [5.74, 6) is -0.330. The van der Waals surface area contributed by atoms with Crippen LogP contribution in [-0.4, -0.2) is 39.2 Å². The topological polar surface area (TPSA) is 88.9 Å². The largest absolute Gasteiger partial charge is 0.497 e. The third kappa shape index (κ3) is 5.72. The summed E-state index contributed by atoms with van der Waals surface area (Å²) in [6.07, 6.45) is 0.163. The van der Waals surface area contributed by atoms with Gasteiger partial charge in [-0.05, 0) is 55.3 Å². The number of carbonyl (C=O) groups is 2. The van der Waals surface area contributed by atoms with Crippen molar-refractivity contribution in [3.8, 4) is 17.6 Å². The molecule has 0 bridgehead atoms. The van der Waals surface area contributed by atoms with Crippen LogP contribution in [0.3, 0.4) is 0 Å². The van der Waals surface area contributed by atoms with Crippen LogP contribution < -0.4 is 14.4 Å². The highest BCUT2D eigenvalue weighted by molar-refractivity contribution is 5.98. The highest BCUT2D eigenvalue weighted by Crippen LogP contribution is 2.25. The molecule has 2 aromatic carbocycles. The first kappa shape index (κ1) is 21.8. The highest BCUT2D eigenvalue weighted by Gasteiger charge is 2.21. The van der Waals surface area contributed by atoms with E-state index < -0.39 is 18.5 Å². The number of esters is 1. The minimum absolute atomic E-state index is 0.162. The zero-order valence-electron chi connectivity index (χ0n) is 17.0. The van der Waals surface area contributed by atoms with Crippen LogP contribution in [0.5, 0.6) is 11.5 Å². The Kier molecular flexibility index (Phi) is 7.61. The number of anilines is 1. The van der Waals surface area contributed by atoms with Crippen LogP contribution in [0.1, 0.15) is 27.9 Å². The van der Waals surface area contributed by atoms with Gasteiger partial charge in [0.05, 0.1) is 26.7 Å². The Labute approximate surface area is 170 Å². The molecule has 0 N–H and O–H groups in total. The van der Waals surface area contributed by atoms with Gasteiger partial charge in [0.15, 0.2) is 6.61 Å². The van der Waals surface area contributed by atoms with E-state index >= 15 is 0 Å². The third-order valence-corrected chi connectivity index (χ3v) is 4.22. The molecule has 1 amide bonds. The lowest BCUT2D eigenvalue weighted by molar-refractivity contribution is -0.121. The van der Waals surface area contributed by atoms with Crippen LogP contribution in [0, 0.1) is 25.2 Å². The molecule has 7 heteroatoms. The van der Waals surface area contributed by atoms with Crippen LogP contribution in [0.4, 0.5) is 5.69 Å². The summed E-state index contributed by atoms with van der Waals surface area (Å²) in [7, 11) is 2.92. The monoisotopic (exact) mass is 396 g/mol. The van der Waals surface area contributed by atoms with Crippen LogP contribution in [-0.2, 0) is 9.53 Å². The molecule has 0 heterocycles. The molecule has 0 spiro atoms. The van der Waals surface area contributed by atoms with Crippen molar-refractivity contribution in [3.05, 3.63) is 53.1 Å². The van der Waals surface area contributed by atoms with Crippen molar-refractivity contribution in [1.29, 1.82) is 5.26 Å². The lowest BCUT2D eigenvalue weighted by atomic mass is 10.1. The molecule has 0 saturated carbocycles. The standard InChI is InChI=1S/C22H24N2O5/c1-15-10-16(2)12-17(11-15)24(9-5-8-23)21(25)14-29-22(26)19-13-18(27-3)6-7-20(19)28-4/h6-7,10-13H,5,9,14H2,1-4H3. The predicted octanol–water partition coefficient (Wildman–Crippen LogP) is 3.42. The molecule has 0 aliphatic rings. The highest BCUT2D eigenvalue weighted by atomic mass is 16.5. The van der Waals surface area contributed by atoms with Crippen LogP contribution in [0.25, 0.3) is 0 Å². The summed E-state index contributed by atoms with van der Waals surface area (Å²) < 4.78 is 15.5. The van der Waals surface area contributed by atoms with Crippen LogP contribution in [0.2, 0.25) is 0 Å². The van der Waals surface area contributed by atoms with Crippen molar-refractivity contribution in [2.75, 3.05) is 32.3 Å². The van der Waals surface area contributed by atoms with Crippen LogP contribution in [0.15, 0.2) is 36.4 Å². The minimum Gasteiger partial charge on any atom is -0.497 e. The van der Waals surface area contributed by atoms with Gasteiger partial charge in [0.1, 0.15) is 17.1 Å². The van der Waals surface area contributed by atoms with Gasteiger partial charge in [0, 0.05) is 12.2 Å². The summed E-state index contributed by atoms with van der Waals surface area (Å²) in [5.41, 5.74) is 2.81. The second kappa shape index (κ2) is 10.1. The van der Waals surface area contributed by atoms with Crippen molar-refractivity contribution < 1.29 is 23.8 Å². The van der Waals surface area contributed by atoms with Gasteiger partial charge >= 0.3 is 5.97 Å². The third-order valence-electron chi connectivity index (χ3n) is 4.22. The number of hydrogen-bond donors (Lipinski definition) is 0. The molecule has 0 aliphatic heterocycles. The number of amides is 1. The zero-order chi connectivity index (χ0) is 21.4. The zero-order valence-corrected chi connectivity index (χ0v) is 17.0. The van der Waals surface area contributed by atoms with Crippen molar-refractivity contribution in [2.45, 2.75) is 20.3 Å². The number of benzene rings is 2. The first-order valence-corrected chi connectivity index (χ1v) is 9.04. The molecular formula is C22H24N2O5. The molecule has 2 rings (SSSR count). The first-order valence-electron chi connectivity index (χ1n) is 9.04. The van der Waals surface area contributed by atoms with E-state index in [1.165, 1.54) is 25.2 Å². The van der Waals surface area contributed by atoms with E-state index in [1.807, 2.05) is 38.1 Å². The smallest absolute Gasteiger partial charge is 0.342 e. The molecule has 7 nitrogen and oxygen atoms in total. The number of nitrogens with zero attached hydrogens (tertiary/aromatic N) is 2. The average Bonchev–Trinajstić information content (AvgIpc) is 2.71. The van der Waals surface area contributed by atoms with E-state index in [9.17, 15) is 9.59 Å². The number of ether oxygens (including phenoxy) is 3. The maximum Gasteiger partial charge on any atom is 0.342 e. The second-order valence-electron chi connectivity index (χ2n) is 6.44. The number of aryl methyl sites for hydroxylation is 2. The van der Waals surface area contributed by atoms with E-state index in [0.717, 1.165) is 11.1 Å². The molecule has 0 saturated heterocycles. The Morgan fingerprint density at radius 3 is 2.31 bits per heavy atom. The van der Waals surface area contributed by atoms with Crippen molar-refractivity contribution in [2.24, 2.45) is 0 Å². The summed E-state index contributed by atoms with van der Waals surface area (Å²) in [4.78, 5) is 26.7. The SMILES string of the molecule is COc1ccc(OC)c(C(=O)OCC(=O)N(CCC#N)c2cc(C)cc(C)c2)c1. The maximum atomic E-state index is 12.8. The molecule has 29 heavy (non-hydrogen) atoms. The van der Waals surface area contributed by atoms with E-state index in [4.69, 9.17) is 19.5 Å². The first-order chi connectivity index (χ1) is 13.9. The van der Waals surface area contributed by atoms with Crippen molar-refractivity contribution in [3.63, 3.8) is 0 Å². The Balaban J connectivity index is 2.17. The number of rotatable bonds is 8. The molecule has 0 fully saturated rings. The molecule has 0 aliphatic carbocycles. The van der Waals surface area contributed by atoms with E-state index in [1.54, 1.807) is 12.1 Å². The van der Waals surface area contributed by atoms with E-state index in [-0.39, 0.29) is 18.5 Å². The van der Waals surface area contributed by atoms with Crippen molar-refractivity contribution in [1.82, 2.24) is 0 Å². The Morgan fingerprint density at radius 2 is 1.72 bits per heavy atom. The fourth-order valence-corrected chi connectivity index (χ4v) is 2.92. The summed E-state index contributed by atoms with van der Waals surface area (Å²) in [5, 5.41) is 8.93. The number of hydrogen-bond acceptors (Lipinski definition) is 6. The normalized spacial score (nSPS) is 10.0. The van der Waals surface area contributed by atoms with Gasteiger partial charge in [-0.25, -0.2) is 4.79 Å². The maximum absolute atomic E-state index is 12.8. The average molecular weight is 396 g/mol. The van der Waals surface area contributed by atoms with Gasteiger partial charge in [-0.3, -0.25) is 4.79 Å². The lowest BCUT2D eigenvalue weighted by Gasteiger charge is -2.22. The molecule has 0 radical (unpaired) electrons. The quantitative estimate of drug-likeness (QED) is 0.635. The summed E-state index contributed by atoms with van der Waals surface area (Å²) in [6, 6.07) is 12.5. The van der Waals surface area contributed by atoms with E-state index in [0.29, 0.717) is 17.2 Å². The second-order valence-corrected chi connectivity index (χ2v) is 6.44. The van der Waals surface area contributed by atoms with Gasteiger partial charge < -0.3 is 19.1 Å². The van der Waals surface area contributed by atoms with Gasteiger partial charge in [-0.1, -0.05) is 6.07 Å². The molecular weight excluding hydrogens is 372 g/mol. The molecule has 0 unspecified atom stereocenters. The van der Waals surface area contributed by atoms with Crippen molar-refractivity contribution >= 4 is 17.6 Å². The molecule has 2 aromatic rings. The van der Waals surface area contributed by atoms with Crippen LogP contribution >= 0.6 is 0 Å². The van der Waals surface area contributed by atoms with E-state index in [2.05, 4.69) is 0 Å². The minimum atomic E-state index is -0.699. The Hall–Kier alpha value is -3.53. The van der Waals surface area contributed by atoms with Gasteiger partial charge in [-0.15, -0.1) is 0 Å². The fraction of sp³-hybridized carbons (Fsp3) is 0.318. The van der Waals surface area contributed by atoms with Gasteiger partial charge in [0.2, 0.25) is 0 Å². The van der Waals surface area contributed by atoms with Gasteiger partial charge in [0.25, 0.3) is 5.91 Å². The Bertz CT molecular complexity index is 913. The number of carbonyl (C=O) groups excluding carboxylic acids is 2. The predicted molar refractivity (Wildman–Crippen MR) is 108 cm³/mol. The molecule has 152 valence electrons. The fourth-order valence-electron chi connectivity index (χ4n) is 2.92. The summed E-state index contributed by atoms with van der Waals surface area (Å²) in [6.45, 7) is 3.60. The van der Waals surface area contributed by atoms with Gasteiger partial charge in [-0.2, -0.15) is 5.26 Å².